The maximum Gasteiger partial charge on any atom is 0.278 e. The molecule has 2 fully saturated rings. The van der Waals surface area contributed by atoms with Crippen molar-refractivity contribution in [3.05, 3.63) is 40.7 Å². The Morgan fingerprint density at radius 2 is 1.82 bits per heavy atom. The number of rotatable bonds is 4. The van der Waals surface area contributed by atoms with Gasteiger partial charge in [-0.1, -0.05) is 19.3 Å². The monoisotopic (exact) mass is 382 g/mol. The zero-order valence-corrected chi connectivity index (χ0v) is 16.0. The number of benzene rings is 1. The summed E-state index contributed by atoms with van der Waals surface area (Å²) in [6.07, 6.45) is 10.1. The second-order valence-corrected chi connectivity index (χ2v) is 7.86. The van der Waals surface area contributed by atoms with E-state index in [4.69, 9.17) is 0 Å². The lowest BCUT2D eigenvalue weighted by molar-refractivity contribution is -0.383. The number of aromatic nitrogens is 1. The van der Waals surface area contributed by atoms with Crippen LogP contribution in [-0.2, 0) is 4.79 Å². The Labute approximate surface area is 164 Å². The molecule has 1 aliphatic heterocycles. The maximum absolute atomic E-state index is 12.7. The number of anilines is 1. The summed E-state index contributed by atoms with van der Waals surface area (Å²) in [7, 11) is 0. The topological polar surface area (TPSA) is 79.6 Å². The van der Waals surface area contributed by atoms with E-state index in [1.807, 2.05) is 17.0 Å². The number of amides is 1. The van der Waals surface area contributed by atoms with E-state index in [1.165, 1.54) is 32.1 Å². The van der Waals surface area contributed by atoms with E-state index < -0.39 is 0 Å². The van der Waals surface area contributed by atoms with Crippen LogP contribution in [0, 0.1) is 16.0 Å². The standard InChI is InChI=1S/C21H26N4O3/c26-21(14-16-4-2-1-3-5-16)24-12-10-23(11-13-24)19-6-7-20(25(27)28)18-15-22-9-8-17(18)19/h6-9,15-16H,1-5,10-14H2. The minimum atomic E-state index is -0.365. The summed E-state index contributed by atoms with van der Waals surface area (Å²) in [5.74, 6) is 0.842. The smallest absolute Gasteiger partial charge is 0.278 e. The fraction of sp³-hybridized carbons (Fsp3) is 0.524. The summed E-state index contributed by atoms with van der Waals surface area (Å²) in [4.78, 5) is 31.9. The number of nitro benzene ring substituents is 1. The number of nitrogens with zero attached hydrogens (tertiary/aromatic N) is 4. The lowest BCUT2D eigenvalue weighted by atomic mass is 9.86. The Bertz CT molecular complexity index is 871. The molecule has 1 aliphatic carbocycles. The maximum atomic E-state index is 12.7. The summed E-state index contributed by atoms with van der Waals surface area (Å²) >= 11 is 0. The van der Waals surface area contributed by atoms with Crippen LogP contribution < -0.4 is 4.90 Å². The summed E-state index contributed by atoms with van der Waals surface area (Å²) in [6.45, 7) is 2.89. The van der Waals surface area contributed by atoms with Crippen LogP contribution >= 0.6 is 0 Å². The molecule has 1 saturated heterocycles. The van der Waals surface area contributed by atoms with E-state index in [0.717, 1.165) is 24.2 Å². The Morgan fingerprint density at radius 1 is 1.07 bits per heavy atom. The Kier molecular flexibility index (Phi) is 5.41. The molecule has 0 bridgehead atoms. The average molecular weight is 382 g/mol. The Morgan fingerprint density at radius 3 is 2.54 bits per heavy atom. The molecule has 0 radical (unpaired) electrons. The van der Waals surface area contributed by atoms with Crippen molar-refractivity contribution in [2.24, 2.45) is 5.92 Å². The van der Waals surface area contributed by atoms with Crippen LogP contribution in [0.3, 0.4) is 0 Å². The highest BCUT2D eigenvalue weighted by molar-refractivity contribution is 5.99. The molecule has 1 aromatic carbocycles. The van der Waals surface area contributed by atoms with Crippen LogP contribution in [-0.4, -0.2) is 46.9 Å². The average Bonchev–Trinajstić information content (AvgIpc) is 2.73. The number of carbonyl (C=O) groups is 1. The van der Waals surface area contributed by atoms with Gasteiger partial charge in [0.25, 0.3) is 5.69 Å². The van der Waals surface area contributed by atoms with Gasteiger partial charge in [-0.2, -0.15) is 0 Å². The van der Waals surface area contributed by atoms with Gasteiger partial charge >= 0.3 is 0 Å². The molecule has 4 rings (SSSR count). The minimum absolute atomic E-state index is 0.0770. The summed E-state index contributed by atoms with van der Waals surface area (Å²) in [5, 5.41) is 12.7. The van der Waals surface area contributed by atoms with Crippen molar-refractivity contribution in [1.82, 2.24) is 9.88 Å². The third kappa shape index (κ3) is 3.79. The number of carbonyl (C=O) groups excluding carboxylic acids is 1. The number of nitro groups is 1. The molecule has 2 aromatic rings. The van der Waals surface area contributed by atoms with E-state index in [2.05, 4.69) is 9.88 Å². The first kappa shape index (κ1) is 18.7. The first-order valence-corrected chi connectivity index (χ1v) is 10.2. The van der Waals surface area contributed by atoms with Gasteiger partial charge in [0.2, 0.25) is 5.91 Å². The summed E-state index contributed by atoms with van der Waals surface area (Å²) in [5.41, 5.74) is 1.05. The van der Waals surface area contributed by atoms with Gasteiger partial charge in [0, 0.05) is 62.1 Å². The third-order valence-electron chi connectivity index (χ3n) is 6.13. The SMILES string of the molecule is O=C(CC1CCCCC1)N1CCN(c2ccc([N+](=O)[O-])c3cnccc23)CC1. The molecular formula is C21H26N4O3. The van der Waals surface area contributed by atoms with E-state index in [0.29, 0.717) is 30.8 Å². The molecule has 148 valence electrons. The van der Waals surface area contributed by atoms with Crippen LogP contribution in [0.5, 0.6) is 0 Å². The van der Waals surface area contributed by atoms with Crippen LogP contribution in [0.4, 0.5) is 11.4 Å². The molecule has 7 heteroatoms. The largest absolute Gasteiger partial charge is 0.367 e. The number of fused-ring (bicyclic) bond motifs is 1. The zero-order valence-electron chi connectivity index (χ0n) is 16.0. The second kappa shape index (κ2) is 8.12. The van der Waals surface area contributed by atoms with Gasteiger partial charge in [-0.25, -0.2) is 0 Å². The van der Waals surface area contributed by atoms with Gasteiger partial charge < -0.3 is 9.80 Å². The van der Waals surface area contributed by atoms with Crippen molar-refractivity contribution < 1.29 is 9.72 Å². The fourth-order valence-corrected chi connectivity index (χ4v) is 4.56. The molecule has 1 aromatic heterocycles. The molecule has 2 heterocycles. The number of non-ortho nitro benzene ring substituents is 1. The molecular weight excluding hydrogens is 356 g/mol. The highest BCUT2D eigenvalue weighted by atomic mass is 16.6. The molecule has 0 N–H and O–H groups in total. The minimum Gasteiger partial charge on any atom is -0.367 e. The molecule has 0 atom stereocenters. The van der Waals surface area contributed by atoms with Crippen molar-refractivity contribution in [1.29, 1.82) is 0 Å². The zero-order chi connectivity index (χ0) is 19.5. The van der Waals surface area contributed by atoms with Gasteiger partial charge in [0.15, 0.2) is 0 Å². The highest BCUT2D eigenvalue weighted by Gasteiger charge is 2.26. The van der Waals surface area contributed by atoms with Crippen molar-refractivity contribution in [2.75, 3.05) is 31.1 Å². The number of piperazine rings is 1. The van der Waals surface area contributed by atoms with E-state index in [1.54, 1.807) is 18.5 Å². The van der Waals surface area contributed by atoms with Gasteiger partial charge in [-0.05, 0) is 30.9 Å². The lowest BCUT2D eigenvalue weighted by Gasteiger charge is -2.37. The predicted octanol–water partition coefficient (Wildman–Crippen LogP) is 3.76. The number of hydrogen-bond donors (Lipinski definition) is 0. The quantitative estimate of drug-likeness (QED) is 0.594. The normalized spacial score (nSPS) is 18.4. The molecule has 1 saturated carbocycles. The Hall–Kier alpha value is -2.70. The van der Waals surface area contributed by atoms with Crippen molar-refractivity contribution in [2.45, 2.75) is 38.5 Å². The first-order valence-electron chi connectivity index (χ1n) is 10.2. The Balaban J connectivity index is 1.44. The van der Waals surface area contributed by atoms with E-state index in [-0.39, 0.29) is 16.5 Å². The number of pyridine rings is 1. The lowest BCUT2D eigenvalue weighted by Crippen LogP contribution is -2.49. The predicted molar refractivity (Wildman–Crippen MR) is 108 cm³/mol. The van der Waals surface area contributed by atoms with Crippen LogP contribution in [0.1, 0.15) is 38.5 Å². The van der Waals surface area contributed by atoms with Crippen LogP contribution in [0.15, 0.2) is 30.6 Å². The first-order chi connectivity index (χ1) is 13.6. The van der Waals surface area contributed by atoms with Gasteiger partial charge in [-0.15, -0.1) is 0 Å². The van der Waals surface area contributed by atoms with Crippen molar-refractivity contribution >= 4 is 28.1 Å². The summed E-state index contributed by atoms with van der Waals surface area (Å²) in [6, 6.07) is 5.21. The van der Waals surface area contributed by atoms with Crippen LogP contribution in [0.25, 0.3) is 10.8 Å². The van der Waals surface area contributed by atoms with Crippen LogP contribution in [0.2, 0.25) is 0 Å². The van der Waals surface area contributed by atoms with E-state index in [9.17, 15) is 14.9 Å². The van der Waals surface area contributed by atoms with E-state index >= 15 is 0 Å². The molecule has 0 spiro atoms. The van der Waals surface area contributed by atoms with Gasteiger partial charge in [0.1, 0.15) is 0 Å². The molecule has 2 aliphatic rings. The molecule has 7 nitrogen and oxygen atoms in total. The molecule has 0 unspecified atom stereocenters. The van der Waals surface area contributed by atoms with Gasteiger partial charge in [-0.3, -0.25) is 19.9 Å². The second-order valence-electron chi connectivity index (χ2n) is 7.86. The van der Waals surface area contributed by atoms with Crippen molar-refractivity contribution in [3.8, 4) is 0 Å². The van der Waals surface area contributed by atoms with Crippen molar-refractivity contribution in [3.63, 3.8) is 0 Å². The molecule has 28 heavy (non-hydrogen) atoms. The van der Waals surface area contributed by atoms with Gasteiger partial charge in [0.05, 0.1) is 10.3 Å². The molecule has 1 amide bonds. The number of hydrogen-bond acceptors (Lipinski definition) is 5. The third-order valence-corrected chi connectivity index (χ3v) is 6.13. The fourth-order valence-electron chi connectivity index (χ4n) is 4.56. The highest BCUT2D eigenvalue weighted by Crippen LogP contribution is 2.33. The summed E-state index contributed by atoms with van der Waals surface area (Å²) < 4.78 is 0.